The van der Waals surface area contributed by atoms with Crippen molar-refractivity contribution in [2.24, 2.45) is 0 Å². The summed E-state index contributed by atoms with van der Waals surface area (Å²) in [5.74, 6) is 7.29. The van der Waals surface area contributed by atoms with Crippen LogP contribution in [0.15, 0.2) is 24.3 Å². The van der Waals surface area contributed by atoms with Crippen LogP contribution < -0.4 is 4.74 Å². The van der Waals surface area contributed by atoms with Crippen LogP contribution in [0.1, 0.15) is 26.3 Å². The molecule has 1 rings (SSSR count). The van der Waals surface area contributed by atoms with Crippen LogP contribution in [-0.4, -0.2) is 28.8 Å². The normalized spacial score (nSPS) is 10.7. The first-order valence-corrected chi connectivity index (χ1v) is 6.96. The van der Waals surface area contributed by atoms with Crippen LogP contribution in [0.3, 0.4) is 0 Å². The van der Waals surface area contributed by atoms with Gasteiger partial charge in [-0.05, 0) is 18.2 Å². The number of hydrogen-bond acceptors (Lipinski definition) is 3. The smallest absolute Gasteiger partial charge is 0.120 e. The minimum atomic E-state index is -0.118. The average Bonchev–Trinajstić information content (AvgIpc) is 2.31. The van der Waals surface area contributed by atoms with Gasteiger partial charge in [0.05, 0.1) is 6.61 Å². The third kappa shape index (κ3) is 6.58. The molecule has 0 atom stereocenters. The van der Waals surface area contributed by atoms with E-state index in [1.807, 2.05) is 36.0 Å². The van der Waals surface area contributed by atoms with Gasteiger partial charge in [0.25, 0.3) is 0 Å². The molecule has 0 amide bonds. The summed E-state index contributed by atoms with van der Waals surface area (Å²) in [6.07, 6.45) is 0. The average molecular weight is 264 g/mol. The van der Waals surface area contributed by atoms with Crippen LogP contribution in [0.25, 0.3) is 0 Å². The highest BCUT2D eigenvalue weighted by Gasteiger charge is 2.09. The maximum atomic E-state index is 8.64. The van der Waals surface area contributed by atoms with E-state index in [0.717, 1.165) is 17.1 Å². The Morgan fingerprint density at radius 2 is 2.11 bits per heavy atom. The van der Waals surface area contributed by atoms with E-state index in [1.54, 1.807) is 0 Å². The van der Waals surface area contributed by atoms with Gasteiger partial charge in [-0.15, -0.1) is 0 Å². The van der Waals surface area contributed by atoms with Gasteiger partial charge >= 0.3 is 0 Å². The zero-order valence-electron chi connectivity index (χ0n) is 11.2. The number of rotatable bonds is 4. The highest BCUT2D eigenvalue weighted by Crippen LogP contribution is 2.23. The van der Waals surface area contributed by atoms with Crippen LogP contribution in [0.2, 0.25) is 0 Å². The fraction of sp³-hybridized carbons (Fsp3) is 0.467. The molecule has 1 aromatic rings. The minimum absolute atomic E-state index is 0.118. The number of hydrogen-bond donors (Lipinski definition) is 1. The topological polar surface area (TPSA) is 29.5 Å². The Morgan fingerprint density at radius 3 is 2.78 bits per heavy atom. The van der Waals surface area contributed by atoms with Crippen LogP contribution >= 0.6 is 11.8 Å². The molecule has 0 saturated carbocycles. The van der Waals surface area contributed by atoms with Gasteiger partial charge in [0.2, 0.25) is 0 Å². The highest BCUT2D eigenvalue weighted by molar-refractivity contribution is 8.00. The standard InChI is InChI=1S/C15H20O2S/c1-15(2,3)18-11-10-17-14-8-4-6-13(12-14)7-5-9-16/h4,6,8,12,16H,9-11H2,1-3H3. The Hall–Kier alpha value is -1.11. The molecule has 0 bridgehead atoms. The predicted octanol–water partition coefficient (Wildman–Crippen LogP) is 2.94. The summed E-state index contributed by atoms with van der Waals surface area (Å²) < 4.78 is 5.95. The molecule has 3 heteroatoms. The lowest BCUT2D eigenvalue weighted by atomic mass is 10.2. The van der Waals surface area contributed by atoms with E-state index in [1.165, 1.54) is 0 Å². The third-order valence-electron chi connectivity index (χ3n) is 2.03. The maximum absolute atomic E-state index is 8.64. The van der Waals surface area contributed by atoms with E-state index < -0.39 is 0 Å². The molecule has 98 valence electrons. The molecule has 0 heterocycles. The maximum Gasteiger partial charge on any atom is 0.120 e. The Kier molecular flexibility index (Phi) is 6.11. The minimum Gasteiger partial charge on any atom is -0.493 e. The lowest BCUT2D eigenvalue weighted by Gasteiger charge is -2.17. The monoisotopic (exact) mass is 264 g/mol. The summed E-state index contributed by atoms with van der Waals surface area (Å²) in [5, 5.41) is 8.64. The van der Waals surface area contributed by atoms with Gasteiger partial charge in [-0.1, -0.05) is 38.7 Å². The Balaban J connectivity index is 2.43. The molecule has 0 aliphatic rings. The molecule has 18 heavy (non-hydrogen) atoms. The van der Waals surface area contributed by atoms with Gasteiger partial charge in [-0.2, -0.15) is 11.8 Å². The first-order valence-electron chi connectivity index (χ1n) is 5.98. The van der Waals surface area contributed by atoms with Crippen molar-refractivity contribution in [2.45, 2.75) is 25.5 Å². The second-order valence-electron chi connectivity index (χ2n) is 4.80. The summed E-state index contributed by atoms with van der Waals surface area (Å²) in [6.45, 7) is 7.17. The van der Waals surface area contributed by atoms with Crippen molar-refractivity contribution < 1.29 is 9.84 Å². The quantitative estimate of drug-likeness (QED) is 0.670. The van der Waals surface area contributed by atoms with Gasteiger partial charge in [-0.25, -0.2) is 0 Å². The molecule has 1 aromatic carbocycles. The van der Waals surface area contributed by atoms with Crippen molar-refractivity contribution in [1.29, 1.82) is 0 Å². The largest absolute Gasteiger partial charge is 0.493 e. The van der Waals surface area contributed by atoms with Crippen LogP contribution in [0.5, 0.6) is 5.75 Å². The van der Waals surface area contributed by atoms with Crippen molar-refractivity contribution in [2.75, 3.05) is 19.0 Å². The number of ether oxygens (including phenoxy) is 1. The number of benzene rings is 1. The van der Waals surface area contributed by atoms with E-state index in [-0.39, 0.29) is 11.4 Å². The molecule has 0 fully saturated rings. The molecule has 1 N–H and O–H groups in total. The predicted molar refractivity (Wildman–Crippen MR) is 78.1 cm³/mol. The third-order valence-corrected chi connectivity index (χ3v) is 3.27. The van der Waals surface area contributed by atoms with Crippen molar-refractivity contribution in [3.8, 4) is 17.6 Å². The molecular weight excluding hydrogens is 244 g/mol. The van der Waals surface area contributed by atoms with Crippen LogP contribution in [0, 0.1) is 11.8 Å². The van der Waals surface area contributed by atoms with E-state index in [0.29, 0.717) is 6.61 Å². The lowest BCUT2D eigenvalue weighted by Crippen LogP contribution is -2.11. The van der Waals surface area contributed by atoms with Gasteiger partial charge in [0, 0.05) is 16.1 Å². The lowest BCUT2D eigenvalue weighted by molar-refractivity contribution is 0.343. The van der Waals surface area contributed by atoms with E-state index in [2.05, 4.69) is 32.6 Å². The van der Waals surface area contributed by atoms with Gasteiger partial charge in [0.1, 0.15) is 12.4 Å². The van der Waals surface area contributed by atoms with Gasteiger partial charge in [0.15, 0.2) is 0 Å². The fourth-order valence-electron chi connectivity index (χ4n) is 1.31. The SMILES string of the molecule is CC(C)(C)SCCOc1cccc(C#CCO)c1. The van der Waals surface area contributed by atoms with Crippen molar-refractivity contribution in [1.82, 2.24) is 0 Å². The second-order valence-corrected chi connectivity index (χ2v) is 6.72. The molecule has 0 spiro atoms. The first kappa shape index (κ1) is 14.9. The van der Waals surface area contributed by atoms with Gasteiger partial charge in [-0.3, -0.25) is 0 Å². The van der Waals surface area contributed by atoms with Crippen molar-refractivity contribution >= 4 is 11.8 Å². The summed E-state index contributed by atoms with van der Waals surface area (Å²) in [4.78, 5) is 0. The number of aliphatic hydroxyl groups excluding tert-OH is 1. The number of aliphatic hydroxyl groups is 1. The zero-order valence-corrected chi connectivity index (χ0v) is 12.0. The molecule has 0 aromatic heterocycles. The summed E-state index contributed by atoms with van der Waals surface area (Å²) in [6, 6.07) is 7.63. The summed E-state index contributed by atoms with van der Waals surface area (Å²) >= 11 is 1.88. The van der Waals surface area contributed by atoms with Gasteiger partial charge < -0.3 is 9.84 Å². The Labute approximate surface area is 114 Å². The van der Waals surface area contributed by atoms with Crippen molar-refractivity contribution in [3.05, 3.63) is 29.8 Å². The number of thioether (sulfide) groups is 1. The van der Waals surface area contributed by atoms with Crippen LogP contribution in [0.4, 0.5) is 0 Å². The molecule has 0 aliphatic heterocycles. The van der Waals surface area contributed by atoms with Crippen LogP contribution in [-0.2, 0) is 0 Å². The summed E-state index contributed by atoms with van der Waals surface area (Å²) in [7, 11) is 0. The van der Waals surface area contributed by atoms with E-state index in [9.17, 15) is 0 Å². The van der Waals surface area contributed by atoms with Crippen molar-refractivity contribution in [3.63, 3.8) is 0 Å². The molecule has 0 aliphatic carbocycles. The van der Waals surface area contributed by atoms with E-state index >= 15 is 0 Å². The molecule has 0 unspecified atom stereocenters. The second kappa shape index (κ2) is 7.35. The highest BCUT2D eigenvalue weighted by atomic mass is 32.2. The molecule has 2 nitrogen and oxygen atoms in total. The zero-order chi connectivity index (χ0) is 13.4. The van der Waals surface area contributed by atoms with E-state index in [4.69, 9.17) is 9.84 Å². The fourth-order valence-corrected chi connectivity index (χ4v) is 2.09. The molecule has 0 saturated heterocycles. The Bertz CT molecular complexity index is 424. The molecular formula is C15H20O2S. The molecule has 0 radical (unpaired) electrons. The summed E-state index contributed by atoms with van der Waals surface area (Å²) in [5.41, 5.74) is 0.866. The first-order chi connectivity index (χ1) is 8.51. The Morgan fingerprint density at radius 1 is 1.33 bits per heavy atom.